The Hall–Kier alpha value is -2.04. The Kier molecular flexibility index (Phi) is 7.33. The summed E-state index contributed by atoms with van der Waals surface area (Å²) in [7, 11) is 3.29. The lowest BCUT2D eigenvalue weighted by Crippen LogP contribution is -2.49. The molecule has 0 radical (unpaired) electrons. The molecule has 0 saturated carbocycles. The topological polar surface area (TPSA) is 113 Å². The Balaban J connectivity index is 1.76. The van der Waals surface area contributed by atoms with Gasteiger partial charge in [0.25, 0.3) is 0 Å². The minimum absolute atomic E-state index is 0.138. The van der Waals surface area contributed by atoms with Gasteiger partial charge in [0, 0.05) is 46.8 Å². The normalized spacial score (nSPS) is 24.4. The third-order valence-corrected chi connectivity index (χ3v) is 6.24. The van der Waals surface area contributed by atoms with Gasteiger partial charge in [-0.15, -0.1) is 5.10 Å². The monoisotopic (exact) mass is 436 g/mol. The zero-order chi connectivity index (χ0) is 22.8. The number of nitrogens with one attached hydrogen (secondary N) is 1. The summed E-state index contributed by atoms with van der Waals surface area (Å²) in [4.78, 5) is 29.6. The maximum atomic E-state index is 13.6. The van der Waals surface area contributed by atoms with Crippen molar-refractivity contribution >= 4 is 11.8 Å². The molecule has 0 aromatic carbocycles. The Morgan fingerprint density at radius 1 is 1.32 bits per heavy atom. The molecule has 0 bridgehead atoms. The molecular weight excluding hydrogens is 400 g/mol. The number of aliphatic hydroxyl groups excluding tert-OH is 1. The highest BCUT2D eigenvalue weighted by atomic mass is 16.5. The van der Waals surface area contributed by atoms with Crippen LogP contribution < -0.4 is 5.32 Å². The molecule has 174 valence electrons. The van der Waals surface area contributed by atoms with E-state index in [1.165, 1.54) is 11.9 Å². The molecule has 10 heteroatoms. The maximum absolute atomic E-state index is 13.6. The molecule has 31 heavy (non-hydrogen) atoms. The van der Waals surface area contributed by atoms with Crippen molar-refractivity contribution in [2.45, 2.75) is 70.9 Å². The van der Waals surface area contributed by atoms with Crippen LogP contribution in [0.5, 0.6) is 0 Å². The highest BCUT2D eigenvalue weighted by Crippen LogP contribution is 2.34. The quantitative estimate of drug-likeness (QED) is 0.654. The molecule has 2 fully saturated rings. The van der Waals surface area contributed by atoms with Crippen LogP contribution in [0.1, 0.15) is 51.8 Å². The molecule has 0 spiro atoms. The zero-order valence-electron chi connectivity index (χ0n) is 19.2. The molecule has 2 N–H and O–H groups in total. The molecule has 3 atom stereocenters. The van der Waals surface area contributed by atoms with Crippen molar-refractivity contribution < 1.29 is 19.4 Å². The van der Waals surface area contributed by atoms with Crippen molar-refractivity contribution in [3.63, 3.8) is 0 Å². The number of likely N-dealkylation sites (N-methyl/N-ethyl adjacent to an activating group) is 1. The number of aromatic nitrogens is 3. The molecule has 2 aliphatic rings. The Labute approximate surface area is 183 Å². The number of carbonyl (C=O) groups is 2. The number of rotatable bonds is 6. The second-order valence-electron chi connectivity index (χ2n) is 9.68. The average Bonchev–Trinajstić information content (AvgIpc) is 3.33. The van der Waals surface area contributed by atoms with Gasteiger partial charge in [0.1, 0.15) is 12.1 Å². The first kappa shape index (κ1) is 23.6. The molecule has 2 unspecified atom stereocenters. The van der Waals surface area contributed by atoms with E-state index in [-0.39, 0.29) is 24.8 Å². The van der Waals surface area contributed by atoms with E-state index in [1.807, 2.05) is 27.0 Å². The predicted octanol–water partition coefficient (Wildman–Crippen LogP) is 0.184. The molecule has 2 saturated heterocycles. The number of amides is 2. The summed E-state index contributed by atoms with van der Waals surface area (Å²) in [5.74, 6) is -0.494. The van der Waals surface area contributed by atoms with Crippen LogP contribution in [0.2, 0.25) is 0 Å². The SMILES string of the molecule is CNC(=O)C1CC(O)CN1C(=O)[C@@H](n1cc(CN2CCC(OC)CC2)nn1)C(C)(C)C. The van der Waals surface area contributed by atoms with Gasteiger partial charge in [0.15, 0.2) is 0 Å². The Morgan fingerprint density at radius 2 is 2.00 bits per heavy atom. The van der Waals surface area contributed by atoms with E-state index in [9.17, 15) is 14.7 Å². The van der Waals surface area contributed by atoms with Crippen LogP contribution in [0.3, 0.4) is 0 Å². The molecule has 2 amide bonds. The Bertz CT molecular complexity index is 768. The van der Waals surface area contributed by atoms with Crippen LogP contribution in [0, 0.1) is 5.41 Å². The minimum atomic E-state index is -0.715. The molecule has 0 aliphatic carbocycles. The predicted molar refractivity (Wildman–Crippen MR) is 114 cm³/mol. The summed E-state index contributed by atoms with van der Waals surface area (Å²) in [5.41, 5.74) is 0.349. The van der Waals surface area contributed by atoms with Crippen molar-refractivity contribution in [3.8, 4) is 0 Å². The summed E-state index contributed by atoms with van der Waals surface area (Å²) >= 11 is 0. The van der Waals surface area contributed by atoms with Crippen LogP contribution >= 0.6 is 0 Å². The van der Waals surface area contributed by atoms with Gasteiger partial charge in [-0.1, -0.05) is 26.0 Å². The Morgan fingerprint density at radius 3 is 2.58 bits per heavy atom. The molecule has 2 aliphatic heterocycles. The van der Waals surface area contributed by atoms with Gasteiger partial charge in [0.2, 0.25) is 11.8 Å². The summed E-state index contributed by atoms with van der Waals surface area (Å²) < 4.78 is 7.05. The average molecular weight is 437 g/mol. The van der Waals surface area contributed by atoms with Crippen LogP contribution in [-0.2, 0) is 20.9 Å². The van der Waals surface area contributed by atoms with E-state index in [0.717, 1.165) is 31.6 Å². The third-order valence-electron chi connectivity index (χ3n) is 6.24. The fourth-order valence-electron chi connectivity index (χ4n) is 4.55. The minimum Gasteiger partial charge on any atom is -0.391 e. The molecule has 1 aromatic rings. The number of piperidine rings is 1. The van der Waals surface area contributed by atoms with Crippen molar-refractivity contribution in [3.05, 3.63) is 11.9 Å². The first-order chi connectivity index (χ1) is 14.6. The molecule has 3 heterocycles. The second-order valence-corrected chi connectivity index (χ2v) is 9.68. The number of carbonyl (C=O) groups excluding carboxylic acids is 2. The zero-order valence-corrected chi connectivity index (χ0v) is 19.2. The summed E-state index contributed by atoms with van der Waals surface area (Å²) in [6.45, 7) is 8.58. The van der Waals surface area contributed by atoms with Gasteiger partial charge in [-0.25, -0.2) is 4.68 Å². The summed E-state index contributed by atoms with van der Waals surface area (Å²) in [5, 5.41) is 21.3. The summed E-state index contributed by atoms with van der Waals surface area (Å²) in [6, 6.07) is -1.31. The van der Waals surface area contributed by atoms with Crippen LogP contribution in [0.4, 0.5) is 0 Å². The lowest BCUT2D eigenvalue weighted by atomic mass is 9.85. The number of ether oxygens (including phenoxy) is 1. The standard InChI is InChI=1S/C21H36N6O4/c1-21(2,3)18(20(30)26-13-15(28)10-17(26)19(29)22-4)27-12-14(23-24-27)11-25-8-6-16(31-5)7-9-25/h12,15-18,28H,6-11,13H2,1-5H3,(H,22,29)/t15?,17?,18-/m1/s1. The molecule has 3 rings (SSSR count). The van der Waals surface area contributed by atoms with Crippen molar-refractivity contribution in [1.29, 1.82) is 0 Å². The number of aliphatic hydroxyl groups is 1. The van der Waals surface area contributed by atoms with Gasteiger partial charge in [-0.05, 0) is 18.3 Å². The van der Waals surface area contributed by atoms with Crippen LogP contribution in [0.15, 0.2) is 6.20 Å². The fourth-order valence-corrected chi connectivity index (χ4v) is 4.55. The maximum Gasteiger partial charge on any atom is 0.248 e. The number of likely N-dealkylation sites (tertiary alicyclic amines) is 2. The van der Waals surface area contributed by atoms with Crippen LogP contribution in [0.25, 0.3) is 0 Å². The van der Waals surface area contributed by atoms with E-state index in [4.69, 9.17) is 4.74 Å². The van der Waals surface area contributed by atoms with E-state index >= 15 is 0 Å². The van der Waals surface area contributed by atoms with Crippen LogP contribution in [-0.4, -0.2) is 93.8 Å². The number of hydrogen-bond acceptors (Lipinski definition) is 7. The second kappa shape index (κ2) is 9.62. The molecule has 1 aromatic heterocycles. The number of β-amino-alcohol motifs (C(OH)–C–C–N with tert-alkyl or cyclic N) is 1. The summed E-state index contributed by atoms with van der Waals surface area (Å²) in [6.07, 6.45) is 3.66. The van der Waals surface area contributed by atoms with Gasteiger partial charge >= 0.3 is 0 Å². The van der Waals surface area contributed by atoms with Gasteiger partial charge in [-0.2, -0.15) is 0 Å². The first-order valence-corrected chi connectivity index (χ1v) is 11.0. The van der Waals surface area contributed by atoms with Crippen molar-refractivity contribution in [2.24, 2.45) is 5.41 Å². The molecular formula is C21H36N6O4. The van der Waals surface area contributed by atoms with Crippen molar-refractivity contribution in [1.82, 2.24) is 30.1 Å². The lowest BCUT2D eigenvalue weighted by molar-refractivity contribution is -0.144. The van der Waals surface area contributed by atoms with Gasteiger partial charge < -0.3 is 20.1 Å². The lowest BCUT2D eigenvalue weighted by Gasteiger charge is -2.34. The fraction of sp³-hybridized carbons (Fsp3) is 0.810. The largest absolute Gasteiger partial charge is 0.391 e. The van der Waals surface area contributed by atoms with E-state index in [2.05, 4.69) is 20.5 Å². The number of hydrogen-bond donors (Lipinski definition) is 2. The van der Waals surface area contributed by atoms with E-state index in [1.54, 1.807) is 11.8 Å². The van der Waals surface area contributed by atoms with Crippen molar-refractivity contribution in [2.75, 3.05) is 33.8 Å². The highest BCUT2D eigenvalue weighted by Gasteiger charge is 2.45. The molecule has 10 nitrogen and oxygen atoms in total. The third kappa shape index (κ3) is 5.42. The van der Waals surface area contributed by atoms with Gasteiger partial charge in [0.05, 0.1) is 24.1 Å². The smallest absolute Gasteiger partial charge is 0.248 e. The van der Waals surface area contributed by atoms with Gasteiger partial charge in [-0.3, -0.25) is 14.5 Å². The highest BCUT2D eigenvalue weighted by molar-refractivity contribution is 5.90. The first-order valence-electron chi connectivity index (χ1n) is 11.0. The number of methoxy groups -OCH3 is 1. The number of nitrogens with zero attached hydrogens (tertiary/aromatic N) is 5. The van der Waals surface area contributed by atoms with E-state index < -0.39 is 23.6 Å². The van der Waals surface area contributed by atoms with E-state index in [0.29, 0.717) is 12.6 Å².